The quantitative estimate of drug-likeness (QED) is 0.920. The molecule has 1 aliphatic carbocycles. The third-order valence-electron chi connectivity index (χ3n) is 4.16. The monoisotopic (exact) mass is 280 g/mol. The Bertz CT molecular complexity index is 441. The molecular weight excluding hydrogens is 256 g/mol. The molecule has 1 atom stereocenters. The molecular formula is C14H24N4S. The lowest BCUT2D eigenvalue weighted by Gasteiger charge is -2.27. The maximum absolute atomic E-state index is 5.89. The van der Waals surface area contributed by atoms with E-state index >= 15 is 0 Å². The molecule has 3 rings (SSSR count). The van der Waals surface area contributed by atoms with Crippen molar-refractivity contribution in [2.75, 3.05) is 31.6 Å². The molecule has 4 nitrogen and oxygen atoms in total. The highest BCUT2D eigenvalue weighted by atomic mass is 32.1. The van der Waals surface area contributed by atoms with E-state index in [2.05, 4.69) is 23.8 Å². The molecule has 0 amide bonds. The highest BCUT2D eigenvalue weighted by Crippen LogP contribution is 2.44. The molecule has 0 aromatic carbocycles. The van der Waals surface area contributed by atoms with Crippen LogP contribution in [0.2, 0.25) is 0 Å². The molecule has 1 aliphatic heterocycles. The van der Waals surface area contributed by atoms with E-state index in [4.69, 9.17) is 10.7 Å². The first-order valence-corrected chi connectivity index (χ1v) is 8.15. The maximum atomic E-state index is 5.89. The van der Waals surface area contributed by atoms with E-state index < -0.39 is 0 Å². The van der Waals surface area contributed by atoms with Gasteiger partial charge in [-0.05, 0) is 39.8 Å². The number of thiazole rings is 1. The molecule has 0 spiro atoms. The first-order valence-electron chi connectivity index (χ1n) is 7.34. The number of nitrogens with zero attached hydrogens (tertiary/aromatic N) is 3. The predicted molar refractivity (Wildman–Crippen MR) is 80.9 cm³/mol. The Morgan fingerprint density at radius 1 is 1.37 bits per heavy atom. The number of hydrogen-bond acceptors (Lipinski definition) is 5. The average molecular weight is 280 g/mol. The van der Waals surface area contributed by atoms with Gasteiger partial charge in [-0.3, -0.25) is 0 Å². The second kappa shape index (κ2) is 5.38. The van der Waals surface area contributed by atoms with Crippen LogP contribution in [0, 0.1) is 0 Å². The molecule has 1 saturated heterocycles. The summed E-state index contributed by atoms with van der Waals surface area (Å²) < 4.78 is 0. The van der Waals surface area contributed by atoms with E-state index in [-0.39, 0.29) is 0 Å². The van der Waals surface area contributed by atoms with Crippen molar-refractivity contribution in [1.29, 1.82) is 0 Å². The summed E-state index contributed by atoms with van der Waals surface area (Å²) in [5, 5.41) is 1.20. The molecule has 1 unspecified atom stereocenters. The largest absolute Gasteiger partial charge is 0.344 e. The number of nitrogens with two attached hydrogens (primary N) is 1. The molecule has 5 heteroatoms. The molecule has 2 heterocycles. The fourth-order valence-electron chi connectivity index (χ4n) is 2.95. The van der Waals surface area contributed by atoms with Crippen molar-refractivity contribution < 1.29 is 0 Å². The summed E-state index contributed by atoms with van der Waals surface area (Å²) >= 11 is 1.82. The minimum atomic E-state index is 0.538. The third-order valence-corrected chi connectivity index (χ3v) is 5.29. The van der Waals surface area contributed by atoms with Crippen LogP contribution in [0.3, 0.4) is 0 Å². The number of likely N-dealkylation sites (N-methyl/N-ethyl adjacent to an activating group) is 1. The van der Waals surface area contributed by atoms with Crippen LogP contribution in [0.4, 0.5) is 5.13 Å². The number of rotatable bonds is 3. The van der Waals surface area contributed by atoms with Crippen LogP contribution >= 0.6 is 11.3 Å². The van der Waals surface area contributed by atoms with Crippen LogP contribution in [-0.4, -0.2) is 42.6 Å². The van der Waals surface area contributed by atoms with Crippen molar-refractivity contribution in [2.45, 2.75) is 44.7 Å². The van der Waals surface area contributed by atoms with E-state index in [0.717, 1.165) is 13.1 Å². The van der Waals surface area contributed by atoms with Gasteiger partial charge in [0.25, 0.3) is 0 Å². The minimum absolute atomic E-state index is 0.538. The van der Waals surface area contributed by atoms with Crippen LogP contribution in [0.1, 0.15) is 42.7 Å². The van der Waals surface area contributed by atoms with Crippen molar-refractivity contribution in [1.82, 2.24) is 9.88 Å². The zero-order chi connectivity index (χ0) is 13.4. The van der Waals surface area contributed by atoms with Crippen molar-refractivity contribution in [3.8, 4) is 0 Å². The van der Waals surface area contributed by atoms with Crippen LogP contribution in [0.25, 0.3) is 0 Å². The smallest absolute Gasteiger partial charge is 0.186 e. The highest BCUT2D eigenvalue weighted by Gasteiger charge is 2.31. The minimum Gasteiger partial charge on any atom is -0.344 e. The van der Waals surface area contributed by atoms with Gasteiger partial charge in [0.1, 0.15) is 0 Å². The van der Waals surface area contributed by atoms with Crippen molar-refractivity contribution in [2.24, 2.45) is 5.73 Å². The fourth-order valence-corrected chi connectivity index (χ4v) is 4.11. The van der Waals surface area contributed by atoms with Gasteiger partial charge < -0.3 is 15.5 Å². The Kier molecular flexibility index (Phi) is 3.78. The lowest BCUT2D eigenvalue weighted by atomic mass is 10.2. The Morgan fingerprint density at radius 3 is 2.84 bits per heavy atom. The number of hydrogen-bond donors (Lipinski definition) is 1. The van der Waals surface area contributed by atoms with E-state index in [0.29, 0.717) is 18.5 Å². The zero-order valence-corrected chi connectivity index (χ0v) is 12.7. The summed E-state index contributed by atoms with van der Waals surface area (Å²) in [7, 11) is 2.21. The van der Waals surface area contributed by atoms with Crippen LogP contribution in [0.15, 0.2) is 0 Å². The molecule has 1 aromatic rings. The van der Waals surface area contributed by atoms with E-state index in [1.807, 2.05) is 11.3 Å². The third kappa shape index (κ3) is 2.78. The first-order chi connectivity index (χ1) is 9.19. The highest BCUT2D eigenvalue weighted by molar-refractivity contribution is 7.15. The summed E-state index contributed by atoms with van der Waals surface area (Å²) in [5.74, 6) is 0.702. The van der Waals surface area contributed by atoms with Crippen LogP contribution < -0.4 is 10.6 Å². The molecule has 19 heavy (non-hydrogen) atoms. The van der Waals surface area contributed by atoms with Gasteiger partial charge in [0.15, 0.2) is 5.13 Å². The Balaban J connectivity index is 1.84. The van der Waals surface area contributed by atoms with Gasteiger partial charge >= 0.3 is 0 Å². The molecule has 1 saturated carbocycles. The maximum Gasteiger partial charge on any atom is 0.186 e. The Hall–Kier alpha value is -0.650. The SMILES string of the molecule is CC1CN(C)CCCN1c1nc(C2CC2)c(CN)s1. The van der Waals surface area contributed by atoms with Gasteiger partial charge in [0.2, 0.25) is 0 Å². The molecule has 2 N–H and O–H groups in total. The van der Waals surface area contributed by atoms with Crippen LogP contribution in [-0.2, 0) is 6.54 Å². The lowest BCUT2D eigenvalue weighted by Crippen LogP contribution is -2.37. The summed E-state index contributed by atoms with van der Waals surface area (Å²) in [6, 6.07) is 0.538. The second-order valence-electron chi connectivity index (χ2n) is 5.94. The van der Waals surface area contributed by atoms with Gasteiger partial charge in [0, 0.05) is 36.5 Å². The van der Waals surface area contributed by atoms with Gasteiger partial charge in [-0.25, -0.2) is 4.98 Å². The van der Waals surface area contributed by atoms with Crippen molar-refractivity contribution >= 4 is 16.5 Å². The van der Waals surface area contributed by atoms with Crippen molar-refractivity contribution in [3.63, 3.8) is 0 Å². The average Bonchev–Trinajstić information content (AvgIpc) is 3.16. The van der Waals surface area contributed by atoms with E-state index in [9.17, 15) is 0 Å². The molecule has 2 fully saturated rings. The van der Waals surface area contributed by atoms with E-state index in [1.54, 1.807) is 0 Å². The second-order valence-corrected chi connectivity index (χ2v) is 7.00. The van der Waals surface area contributed by atoms with Gasteiger partial charge in [0.05, 0.1) is 5.69 Å². The zero-order valence-electron chi connectivity index (χ0n) is 11.9. The summed E-state index contributed by atoms with van der Waals surface area (Å²) in [4.78, 5) is 11.1. The molecule has 2 aliphatic rings. The first kappa shape index (κ1) is 13.3. The predicted octanol–water partition coefficient (Wildman–Crippen LogP) is 2.01. The van der Waals surface area contributed by atoms with Gasteiger partial charge in [-0.2, -0.15) is 0 Å². The topological polar surface area (TPSA) is 45.4 Å². The van der Waals surface area contributed by atoms with Gasteiger partial charge in [-0.1, -0.05) is 0 Å². The normalized spacial score (nSPS) is 25.6. The van der Waals surface area contributed by atoms with E-state index in [1.165, 1.54) is 41.5 Å². The molecule has 106 valence electrons. The lowest BCUT2D eigenvalue weighted by molar-refractivity contribution is 0.337. The number of aromatic nitrogens is 1. The van der Waals surface area contributed by atoms with Crippen molar-refractivity contribution in [3.05, 3.63) is 10.6 Å². The summed E-state index contributed by atoms with van der Waals surface area (Å²) in [5.41, 5.74) is 7.19. The van der Waals surface area contributed by atoms with Crippen LogP contribution in [0.5, 0.6) is 0 Å². The standard InChI is InChI=1S/C14H24N4S/c1-10-9-17(2)6-3-7-18(10)14-16-13(11-4-5-11)12(8-15)19-14/h10-11H,3-9,15H2,1-2H3. The van der Waals surface area contributed by atoms with Gasteiger partial charge in [-0.15, -0.1) is 11.3 Å². The molecule has 0 bridgehead atoms. The number of anilines is 1. The molecule has 1 aromatic heterocycles. The fraction of sp³-hybridized carbons (Fsp3) is 0.786. The summed E-state index contributed by atoms with van der Waals surface area (Å²) in [6.07, 6.45) is 3.82. The Morgan fingerprint density at radius 2 is 2.16 bits per heavy atom. The molecule has 0 radical (unpaired) electrons. The summed E-state index contributed by atoms with van der Waals surface area (Å²) in [6.45, 7) is 6.38. The Labute approximate surface area is 119 Å².